The van der Waals surface area contributed by atoms with E-state index in [9.17, 15) is 4.79 Å². The summed E-state index contributed by atoms with van der Waals surface area (Å²) in [6, 6.07) is 5.54. The quantitative estimate of drug-likeness (QED) is 0.888. The number of ether oxygens (including phenoxy) is 1. The van der Waals surface area contributed by atoms with Crippen molar-refractivity contribution in [2.75, 3.05) is 11.9 Å². The molecule has 0 aliphatic heterocycles. The van der Waals surface area contributed by atoms with Gasteiger partial charge in [-0.2, -0.15) is 0 Å². The van der Waals surface area contributed by atoms with Crippen molar-refractivity contribution in [1.29, 1.82) is 0 Å². The van der Waals surface area contributed by atoms with Crippen LogP contribution in [0.25, 0.3) is 0 Å². The summed E-state index contributed by atoms with van der Waals surface area (Å²) in [5.74, 6) is 0. The lowest BCUT2D eigenvalue weighted by molar-refractivity contribution is 0.0636. The van der Waals surface area contributed by atoms with Crippen LogP contribution in [0.1, 0.15) is 32.8 Å². The second kappa shape index (κ2) is 6.78. The summed E-state index contributed by atoms with van der Waals surface area (Å²) in [5, 5.41) is 3.13. The number of nitrogens with one attached hydrogen (secondary N) is 1. The molecule has 0 saturated carbocycles. The minimum atomic E-state index is -0.530. The third kappa shape index (κ3) is 5.94. The van der Waals surface area contributed by atoms with Gasteiger partial charge in [0.1, 0.15) is 5.60 Å². The molecule has 4 nitrogen and oxygen atoms in total. The molecule has 0 aromatic heterocycles. The van der Waals surface area contributed by atoms with Crippen molar-refractivity contribution in [2.24, 2.45) is 5.73 Å². The van der Waals surface area contributed by atoms with Crippen LogP contribution in [-0.4, -0.2) is 18.2 Å². The Morgan fingerprint density at radius 1 is 1.42 bits per heavy atom. The van der Waals surface area contributed by atoms with E-state index in [-0.39, 0.29) is 0 Å². The van der Waals surface area contributed by atoms with E-state index in [0.717, 1.165) is 18.4 Å². The molecular weight excluding hydrogens is 264 g/mol. The number of amides is 1. The molecule has 1 aromatic rings. The van der Waals surface area contributed by atoms with Crippen LogP contribution in [0.2, 0.25) is 5.02 Å². The average molecular weight is 285 g/mol. The Morgan fingerprint density at radius 2 is 2.11 bits per heavy atom. The molecule has 0 unspecified atom stereocenters. The summed E-state index contributed by atoms with van der Waals surface area (Å²) in [4.78, 5) is 11.6. The van der Waals surface area contributed by atoms with Crippen LogP contribution in [0, 0.1) is 0 Å². The molecule has 1 rings (SSSR count). The first-order valence-corrected chi connectivity index (χ1v) is 6.68. The fourth-order valence-corrected chi connectivity index (χ4v) is 1.79. The fourth-order valence-electron chi connectivity index (χ4n) is 1.54. The van der Waals surface area contributed by atoms with Gasteiger partial charge in [-0.3, -0.25) is 5.32 Å². The van der Waals surface area contributed by atoms with Gasteiger partial charge in [-0.1, -0.05) is 17.7 Å². The maximum absolute atomic E-state index is 11.6. The van der Waals surface area contributed by atoms with Gasteiger partial charge < -0.3 is 10.5 Å². The molecule has 5 heteroatoms. The van der Waals surface area contributed by atoms with Gasteiger partial charge in [0, 0.05) is 0 Å². The molecule has 0 spiro atoms. The highest BCUT2D eigenvalue weighted by Gasteiger charge is 2.17. The Kier molecular flexibility index (Phi) is 5.63. The number of anilines is 1. The third-order valence-corrected chi connectivity index (χ3v) is 2.65. The lowest BCUT2D eigenvalue weighted by Gasteiger charge is -2.20. The number of hydrogen-bond acceptors (Lipinski definition) is 3. The van der Waals surface area contributed by atoms with Crippen molar-refractivity contribution in [3.8, 4) is 0 Å². The molecule has 1 amide bonds. The smallest absolute Gasteiger partial charge is 0.412 e. The predicted octanol–water partition coefficient (Wildman–Crippen LogP) is 3.58. The van der Waals surface area contributed by atoms with Crippen molar-refractivity contribution in [3.63, 3.8) is 0 Å². The maximum Gasteiger partial charge on any atom is 0.412 e. The van der Waals surface area contributed by atoms with E-state index in [4.69, 9.17) is 22.1 Å². The number of carbonyl (C=O) groups excluding carboxylic acids is 1. The summed E-state index contributed by atoms with van der Waals surface area (Å²) in [6.07, 6.45) is 1.28. The SMILES string of the molecule is CC(C)(C)OC(=O)Nc1ccc(CCCN)cc1Cl. The molecule has 0 radical (unpaired) electrons. The van der Waals surface area contributed by atoms with E-state index >= 15 is 0 Å². The average Bonchev–Trinajstić information content (AvgIpc) is 2.27. The zero-order valence-electron chi connectivity index (χ0n) is 11.6. The van der Waals surface area contributed by atoms with E-state index in [2.05, 4.69) is 5.32 Å². The van der Waals surface area contributed by atoms with Crippen molar-refractivity contribution in [1.82, 2.24) is 0 Å². The Hall–Kier alpha value is -1.26. The Balaban J connectivity index is 2.67. The van der Waals surface area contributed by atoms with E-state index in [1.165, 1.54) is 0 Å². The highest BCUT2D eigenvalue weighted by molar-refractivity contribution is 6.33. The second-order valence-corrected chi connectivity index (χ2v) is 5.74. The Bertz CT molecular complexity index is 442. The topological polar surface area (TPSA) is 64.3 Å². The van der Waals surface area contributed by atoms with Crippen LogP contribution in [0.4, 0.5) is 10.5 Å². The minimum absolute atomic E-state index is 0.500. The summed E-state index contributed by atoms with van der Waals surface area (Å²) in [6.45, 7) is 6.08. The Labute approximate surface area is 119 Å². The first-order chi connectivity index (χ1) is 8.81. The maximum atomic E-state index is 11.6. The van der Waals surface area contributed by atoms with Crippen LogP contribution in [0.3, 0.4) is 0 Å². The molecule has 0 aliphatic rings. The molecular formula is C14H21ClN2O2. The van der Waals surface area contributed by atoms with E-state index < -0.39 is 11.7 Å². The lowest BCUT2D eigenvalue weighted by atomic mass is 10.1. The van der Waals surface area contributed by atoms with Crippen molar-refractivity contribution >= 4 is 23.4 Å². The number of rotatable bonds is 4. The summed E-state index contributed by atoms with van der Waals surface area (Å²) in [7, 11) is 0. The summed E-state index contributed by atoms with van der Waals surface area (Å²) >= 11 is 6.12. The zero-order valence-corrected chi connectivity index (χ0v) is 12.4. The predicted molar refractivity (Wildman–Crippen MR) is 78.7 cm³/mol. The van der Waals surface area contributed by atoms with Crippen LogP contribution in [0.5, 0.6) is 0 Å². The zero-order chi connectivity index (χ0) is 14.5. The molecule has 1 aromatic carbocycles. The van der Waals surface area contributed by atoms with Gasteiger partial charge in [0.05, 0.1) is 10.7 Å². The van der Waals surface area contributed by atoms with Crippen LogP contribution < -0.4 is 11.1 Å². The van der Waals surface area contributed by atoms with Gasteiger partial charge in [0.15, 0.2) is 0 Å². The van der Waals surface area contributed by atoms with Gasteiger partial charge in [-0.05, 0) is 57.9 Å². The third-order valence-electron chi connectivity index (χ3n) is 2.34. The summed E-state index contributed by atoms with van der Waals surface area (Å²) < 4.78 is 5.17. The fraction of sp³-hybridized carbons (Fsp3) is 0.500. The number of benzene rings is 1. The van der Waals surface area contributed by atoms with Crippen LogP contribution in [0.15, 0.2) is 18.2 Å². The van der Waals surface area contributed by atoms with Crippen molar-refractivity contribution in [3.05, 3.63) is 28.8 Å². The van der Waals surface area contributed by atoms with Gasteiger partial charge in [0.25, 0.3) is 0 Å². The van der Waals surface area contributed by atoms with Crippen LogP contribution in [-0.2, 0) is 11.2 Å². The Morgan fingerprint density at radius 3 is 2.63 bits per heavy atom. The highest BCUT2D eigenvalue weighted by Crippen LogP contribution is 2.24. The van der Waals surface area contributed by atoms with Gasteiger partial charge in [0.2, 0.25) is 0 Å². The van der Waals surface area contributed by atoms with Crippen molar-refractivity contribution < 1.29 is 9.53 Å². The molecule has 0 atom stereocenters. The summed E-state index contributed by atoms with van der Waals surface area (Å²) in [5.41, 5.74) is 6.58. The standard InChI is InChI=1S/C14H21ClN2O2/c1-14(2,3)19-13(18)17-12-7-6-10(5-4-8-16)9-11(12)15/h6-7,9H,4-5,8,16H2,1-3H3,(H,17,18). The van der Waals surface area contributed by atoms with Crippen molar-refractivity contribution in [2.45, 2.75) is 39.2 Å². The lowest BCUT2D eigenvalue weighted by Crippen LogP contribution is -2.27. The number of carbonyl (C=O) groups is 1. The van der Waals surface area contributed by atoms with Gasteiger partial charge in [-0.25, -0.2) is 4.79 Å². The molecule has 0 heterocycles. The van der Waals surface area contributed by atoms with Gasteiger partial charge in [-0.15, -0.1) is 0 Å². The molecule has 106 valence electrons. The second-order valence-electron chi connectivity index (χ2n) is 5.33. The molecule has 3 N–H and O–H groups in total. The minimum Gasteiger partial charge on any atom is -0.444 e. The number of aryl methyl sites for hydroxylation is 1. The molecule has 0 saturated heterocycles. The normalized spacial score (nSPS) is 11.2. The highest BCUT2D eigenvalue weighted by atomic mass is 35.5. The van der Waals surface area contributed by atoms with E-state index in [1.54, 1.807) is 6.07 Å². The molecule has 0 bridgehead atoms. The monoisotopic (exact) mass is 284 g/mol. The first kappa shape index (κ1) is 15.8. The number of hydrogen-bond donors (Lipinski definition) is 2. The number of nitrogens with two attached hydrogens (primary N) is 1. The molecule has 19 heavy (non-hydrogen) atoms. The molecule has 0 aliphatic carbocycles. The van der Waals surface area contributed by atoms with Gasteiger partial charge >= 0.3 is 6.09 Å². The molecule has 0 fully saturated rings. The van der Waals surface area contributed by atoms with Crippen LogP contribution >= 0.6 is 11.6 Å². The van der Waals surface area contributed by atoms with E-state index in [1.807, 2.05) is 32.9 Å². The number of halogens is 1. The van der Waals surface area contributed by atoms with E-state index in [0.29, 0.717) is 17.3 Å². The largest absolute Gasteiger partial charge is 0.444 e. The first-order valence-electron chi connectivity index (χ1n) is 6.30.